The average molecular weight is 349 g/mol. The van der Waals surface area contributed by atoms with Crippen molar-refractivity contribution in [2.75, 3.05) is 5.32 Å². The zero-order valence-corrected chi connectivity index (χ0v) is 12.6. The number of fused-ring (bicyclic) bond motifs is 1. The number of carbonyl (C=O) groups excluding carboxylic acids is 1. The average Bonchev–Trinajstić information content (AvgIpc) is 2.83. The Labute approximate surface area is 127 Å². The molecule has 1 amide bonds. The van der Waals surface area contributed by atoms with E-state index in [9.17, 15) is 9.18 Å². The van der Waals surface area contributed by atoms with E-state index < -0.39 is 11.7 Å². The van der Waals surface area contributed by atoms with Gasteiger partial charge in [-0.05, 0) is 36.4 Å². The Morgan fingerprint density at radius 1 is 1.29 bits per heavy atom. The molecule has 2 aromatic carbocycles. The molecule has 1 heterocycles. The highest BCUT2D eigenvalue weighted by Crippen LogP contribution is 2.20. The van der Waals surface area contributed by atoms with Crippen LogP contribution in [0.15, 0.2) is 40.9 Å². The fraction of sp³-hybridized carbons (Fsp3) is 0.0714. The van der Waals surface area contributed by atoms with Gasteiger partial charge in [0.25, 0.3) is 5.91 Å². The van der Waals surface area contributed by atoms with Gasteiger partial charge >= 0.3 is 0 Å². The van der Waals surface area contributed by atoms with Gasteiger partial charge in [-0.15, -0.1) is 5.10 Å². The lowest BCUT2D eigenvalue weighted by atomic mass is 10.2. The van der Waals surface area contributed by atoms with Crippen molar-refractivity contribution in [3.8, 4) is 0 Å². The van der Waals surface area contributed by atoms with Crippen LogP contribution in [0.25, 0.3) is 11.0 Å². The van der Waals surface area contributed by atoms with Crippen LogP contribution in [0, 0.1) is 5.82 Å². The minimum atomic E-state index is -0.502. The molecule has 0 fully saturated rings. The van der Waals surface area contributed by atoms with Crippen LogP contribution in [0.4, 0.5) is 10.1 Å². The van der Waals surface area contributed by atoms with E-state index in [-0.39, 0.29) is 5.69 Å². The maximum absolute atomic E-state index is 13.7. The number of benzene rings is 2. The number of nitrogens with one attached hydrogen (secondary N) is 1. The van der Waals surface area contributed by atoms with Crippen molar-refractivity contribution in [2.24, 2.45) is 7.05 Å². The monoisotopic (exact) mass is 348 g/mol. The standard InChI is InChI=1S/C14H10BrFN4O/c1-20-13-5-2-8(6-12(13)18-19-20)14(21)17-11-4-3-9(15)7-10(11)16/h2-7H,1H3,(H,17,21). The minimum Gasteiger partial charge on any atom is -0.319 e. The lowest BCUT2D eigenvalue weighted by Gasteiger charge is -2.06. The normalized spacial score (nSPS) is 10.8. The van der Waals surface area contributed by atoms with Gasteiger partial charge in [0.05, 0.1) is 11.2 Å². The van der Waals surface area contributed by atoms with E-state index in [0.29, 0.717) is 15.6 Å². The van der Waals surface area contributed by atoms with Crippen LogP contribution in [0.3, 0.4) is 0 Å². The van der Waals surface area contributed by atoms with Gasteiger partial charge in [-0.3, -0.25) is 4.79 Å². The molecule has 0 spiro atoms. The molecule has 1 aromatic heterocycles. The Balaban J connectivity index is 1.89. The van der Waals surface area contributed by atoms with Crippen LogP contribution >= 0.6 is 15.9 Å². The number of aryl methyl sites for hydroxylation is 1. The summed E-state index contributed by atoms with van der Waals surface area (Å²) >= 11 is 3.17. The molecule has 3 rings (SSSR count). The lowest BCUT2D eigenvalue weighted by Crippen LogP contribution is -2.12. The van der Waals surface area contributed by atoms with E-state index in [0.717, 1.165) is 5.52 Å². The first-order valence-electron chi connectivity index (χ1n) is 6.10. The quantitative estimate of drug-likeness (QED) is 0.773. The van der Waals surface area contributed by atoms with Crippen molar-refractivity contribution in [1.29, 1.82) is 0 Å². The van der Waals surface area contributed by atoms with E-state index in [4.69, 9.17) is 0 Å². The van der Waals surface area contributed by atoms with Gasteiger partial charge in [0.15, 0.2) is 0 Å². The topological polar surface area (TPSA) is 59.8 Å². The van der Waals surface area contributed by atoms with Gasteiger partial charge in [0, 0.05) is 17.1 Å². The molecule has 106 valence electrons. The Morgan fingerprint density at radius 3 is 2.86 bits per heavy atom. The number of hydrogen-bond donors (Lipinski definition) is 1. The Morgan fingerprint density at radius 2 is 2.10 bits per heavy atom. The molecule has 3 aromatic rings. The molecule has 0 atom stereocenters. The van der Waals surface area contributed by atoms with E-state index in [1.807, 2.05) is 0 Å². The zero-order valence-electron chi connectivity index (χ0n) is 11.0. The van der Waals surface area contributed by atoms with Crippen molar-refractivity contribution in [1.82, 2.24) is 15.0 Å². The van der Waals surface area contributed by atoms with Crippen LogP contribution in [-0.2, 0) is 7.05 Å². The molecular formula is C14H10BrFN4O. The highest BCUT2D eigenvalue weighted by molar-refractivity contribution is 9.10. The van der Waals surface area contributed by atoms with Gasteiger partial charge in [-0.25, -0.2) is 9.07 Å². The second-order valence-corrected chi connectivity index (χ2v) is 5.41. The zero-order chi connectivity index (χ0) is 15.0. The van der Waals surface area contributed by atoms with E-state index in [2.05, 4.69) is 31.6 Å². The molecule has 0 saturated heterocycles. The molecule has 0 aliphatic rings. The molecular weight excluding hydrogens is 339 g/mol. The second-order valence-electron chi connectivity index (χ2n) is 4.49. The smallest absolute Gasteiger partial charge is 0.255 e. The molecule has 0 bridgehead atoms. The van der Waals surface area contributed by atoms with Gasteiger partial charge in [0.2, 0.25) is 0 Å². The lowest BCUT2D eigenvalue weighted by molar-refractivity contribution is 0.102. The third-order valence-corrected chi connectivity index (χ3v) is 3.55. The fourth-order valence-electron chi connectivity index (χ4n) is 1.97. The molecule has 1 N–H and O–H groups in total. The number of amides is 1. The van der Waals surface area contributed by atoms with Crippen LogP contribution in [0.2, 0.25) is 0 Å². The Bertz CT molecular complexity index is 846. The highest BCUT2D eigenvalue weighted by Gasteiger charge is 2.11. The van der Waals surface area contributed by atoms with E-state index in [1.165, 1.54) is 12.1 Å². The number of aromatic nitrogens is 3. The largest absolute Gasteiger partial charge is 0.319 e. The summed E-state index contributed by atoms with van der Waals surface area (Å²) in [5, 5.41) is 10.4. The SMILES string of the molecule is Cn1nnc2cc(C(=O)Nc3ccc(Br)cc3F)ccc21. The van der Waals surface area contributed by atoms with Crippen molar-refractivity contribution < 1.29 is 9.18 Å². The first kappa shape index (κ1) is 13.7. The first-order chi connectivity index (χ1) is 10.0. The minimum absolute atomic E-state index is 0.127. The molecule has 0 unspecified atom stereocenters. The summed E-state index contributed by atoms with van der Waals surface area (Å²) in [7, 11) is 1.77. The fourth-order valence-corrected chi connectivity index (χ4v) is 2.30. The van der Waals surface area contributed by atoms with E-state index >= 15 is 0 Å². The van der Waals surface area contributed by atoms with Crippen molar-refractivity contribution in [2.45, 2.75) is 0 Å². The molecule has 0 aliphatic carbocycles. The highest BCUT2D eigenvalue weighted by atomic mass is 79.9. The van der Waals surface area contributed by atoms with Crippen LogP contribution in [0.5, 0.6) is 0 Å². The summed E-state index contributed by atoms with van der Waals surface area (Å²) in [6.45, 7) is 0. The van der Waals surface area contributed by atoms with Crippen molar-refractivity contribution in [3.05, 3.63) is 52.3 Å². The summed E-state index contributed by atoms with van der Waals surface area (Å²) in [6.07, 6.45) is 0. The van der Waals surface area contributed by atoms with Gasteiger partial charge in [-0.1, -0.05) is 21.1 Å². The number of halogens is 2. The molecule has 0 radical (unpaired) electrons. The summed E-state index contributed by atoms with van der Waals surface area (Å²) in [4.78, 5) is 12.2. The van der Waals surface area contributed by atoms with Crippen molar-refractivity contribution in [3.63, 3.8) is 0 Å². The number of rotatable bonds is 2. The van der Waals surface area contributed by atoms with Gasteiger partial charge in [0.1, 0.15) is 11.3 Å². The Kier molecular flexibility index (Phi) is 3.42. The third-order valence-electron chi connectivity index (χ3n) is 3.05. The number of hydrogen-bond acceptors (Lipinski definition) is 3. The number of carbonyl (C=O) groups is 1. The van der Waals surface area contributed by atoms with Gasteiger partial charge < -0.3 is 5.32 Å². The summed E-state index contributed by atoms with van der Waals surface area (Å²) in [5.41, 5.74) is 1.95. The molecule has 0 aliphatic heterocycles. The molecule has 21 heavy (non-hydrogen) atoms. The molecule has 5 nitrogen and oxygen atoms in total. The maximum atomic E-state index is 13.7. The molecule has 7 heteroatoms. The summed E-state index contributed by atoms with van der Waals surface area (Å²) in [5.74, 6) is -0.901. The van der Waals surface area contributed by atoms with E-state index in [1.54, 1.807) is 36.0 Å². The predicted octanol–water partition coefficient (Wildman–Crippen LogP) is 3.12. The second kappa shape index (κ2) is 5.25. The maximum Gasteiger partial charge on any atom is 0.255 e. The van der Waals surface area contributed by atoms with Crippen molar-refractivity contribution >= 4 is 38.6 Å². The van der Waals surface area contributed by atoms with Gasteiger partial charge in [-0.2, -0.15) is 0 Å². The summed E-state index contributed by atoms with van der Waals surface area (Å²) in [6, 6.07) is 9.47. The van der Waals surface area contributed by atoms with Crippen LogP contribution in [-0.4, -0.2) is 20.9 Å². The Hall–Kier alpha value is -2.28. The predicted molar refractivity (Wildman–Crippen MR) is 80.6 cm³/mol. The number of nitrogens with zero attached hydrogens (tertiary/aromatic N) is 3. The van der Waals surface area contributed by atoms with Crippen LogP contribution < -0.4 is 5.32 Å². The number of anilines is 1. The third kappa shape index (κ3) is 2.64. The summed E-state index contributed by atoms with van der Waals surface area (Å²) < 4.78 is 15.9. The first-order valence-corrected chi connectivity index (χ1v) is 6.90. The van der Waals surface area contributed by atoms with Crippen LogP contribution in [0.1, 0.15) is 10.4 Å². The molecule has 0 saturated carbocycles.